The van der Waals surface area contributed by atoms with Crippen LogP contribution in [0.3, 0.4) is 0 Å². The molecule has 0 saturated heterocycles. The molecule has 0 aliphatic heterocycles. The minimum atomic E-state index is -0.637. The maximum absolute atomic E-state index is 13.5. The lowest BCUT2D eigenvalue weighted by Crippen LogP contribution is -1.93. The van der Waals surface area contributed by atoms with Crippen molar-refractivity contribution in [2.45, 2.75) is 0 Å². The molecule has 25 heavy (non-hydrogen) atoms. The molecule has 0 aliphatic rings. The quantitative estimate of drug-likeness (QED) is 0.539. The van der Waals surface area contributed by atoms with Gasteiger partial charge in [0.25, 0.3) is 0 Å². The van der Waals surface area contributed by atoms with Crippen LogP contribution in [-0.4, -0.2) is 9.97 Å². The third kappa shape index (κ3) is 2.46. The molecule has 124 valence electrons. The lowest BCUT2D eigenvalue weighted by atomic mass is 10.0. The molecular weight excluding hydrogens is 326 g/mol. The zero-order valence-corrected chi connectivity index (χ0v) is 12.8. The Morgan fingerprint density at radius 1 is 0.920 bits per heavy atom. The zero-order valence-electron chi connectivity index (χ0n) is 12.8. The fraction of sp³-hybridized carbons (Fsp3) is 0. The summed E-state index contributed by atoms with van der Waals surface area (Å²) < 4.78 is 32.3. The summed E-state index contributed by atoms with van der Waals surface area (Å²) in [5.41, 5.74) is 14.7. The monoisotopic (exact) mass is 338 g/mol. The molecule has 3 heterocycles. The second-order valence-electron chi connectivity index (χ2n) is 5.48. The molecule has 0 radical (unpaired) electrons. The Hall–Kier alpha value is -3.48. The molecule has 1 aromatic carbocycles. The van der Waals surface area contributed by atoms with Gasteiger partial charge < -0.3 is 15.9 Å². The van der Waals surface area contributed by atoms with Crippen LogP contribution in [0.4, 0.5) is 20.4 Å². The Kier molecular flexibility index (Phi) is 3.35. The van der Waals surface area contributed by atoms with Crippen LogP contribution in [0.5, 0.6) is 0 Å². The number of hydrogen-bond acceptors (Lipinski definition) is 5. The van der Waals surface area contributed by atoms with Crippen LogP contribution in [0.15, 0.2) is 53.2 Å². The van der Waals surface area contributed by atoms with Crippen LogP contribution >= 0.6 is 0 Å². The second-order valence-corrected chi connectivity index (χ2v) is 5.48. The molecule has 3 aromatic heterocycles. The average molecular weight is 338 g/mol. The molecule has 0 amide bonds. The molecule has 4 rings (SSSR count). The van der Waals surface area contributed by atoms with Crippen molar-refractivity contribution in [3.8, 4) is 22.4 Å². The van der Waals surface area contributed by atoms with Crippen molar-refractivity contribution in [3.63, 3.8) is 0 Å². The first-order chi connectivity index (χ1) is 12.0. The first-order valence-corrected chi connectivity index (χ1v) is 7.39. The summed E-state index contributed by atoms with van der Waals surface area (Å²) in [7, 11) is 0. The van der Waals surface area contributed by atoms with Gasteiger partial charge in [-0.1, -0.05) is 12.1 Å². The molecule has 5 nitrogen and oxygen atoms in total. The summed E-state index contributed by atoms with van der Waals surface area (Å²) in [5.74, 6) is -0.943. The van der Waals surface area contributed by atoms with E-state index in [0.717, 1.165) is 0 Å². The van der Waals surface area contributed by atoms with E-state index in [-0.39, 0.29) is 17.4 Å². The topological polar surface area (TPSA) is 91.0 Å². The Balaban J connectivity index is 2.02. The van der Waals surface area contributed by atoms with Crippen molar-refractivity contribution in [3.05, 3.63) is 60.6 Å². The summed E-state index contributed by atoms with van der Waals surface area (Å²) in [4.78, 5) is 7.91. The largest absolute Gasteiger partial charge is 0.436 e. The highest BCUT2D eigenvalue weighted by molar-refractivity contribution is 6.09. The van der Waals surface area contributed by atoms with Gasteiger partial charge in [0.05, 0.1) is 5.39 Å². The molecule has 0 unspecified atom stereocenters. The molecule has 0 atom stereocenters. The van der Waals surface area contributed by atoms with Crippen molar-refractivity contribution < 1.29 is 13.2 Å². The van der Waals surface area contributed by atoms with Crippen molar-refractivity contribution >= 4 is 22.5 Å². The van der Waals surface area contributed by atoms with Crippen LogP contribution < -0.4 is 11.5 Å². The van der Waals surface area contributed by atoms with Gasteiger partial charge in [-0.3, -0.25) is 4.98 Å². The highest BCUT2D eigenvalue weighted by atomic mass is 19.1. The van der Waals surface area contributed by atoms with E-state index in [0.29, 0.717) is 33.4 Å². The number of pyridine rings is 2. The maximum atomic E-state index is 13.5. The predicted molar refractivity (Wildman–Crippen MR) is 91.4 cm³/mol. The third-order valence-electron chi connectivity index (χ3n) is 3.94. The van der Waals surface area contributed by atoms with Gasteiger partial charge in [0.2, 0.25) is 11.8 Å². The van der Waals surface area contributed by atoms with E-state index in [9.17, 15) is 8.78 Å². The van der Waals surface area contributed by atoms with E-state index in [1.54, 1.807) is 24.4 Å². The summed E-state index contributed by atoms with van der Waals surface area (Å²) in [6, 6.07) is 8.76. The first kappa shape index (κ1) is 15.1. The van der Waals surface area contributed by atoms with Gasteiger partial charge >= 0.3 is 0 Å². The fourth-order valence-corrected chi connectivity index (χ4v) is 2.75. The number of fused-ring (bicyclic) bond motifs is 1. The van der Waals surface area contributed by atoms with E-state index in [4.69, 9.17) is 15.9 Å². The molecule has 0 saturated carbocycles. The summed E-state index contributed by atoms with van der Waals surface area (Å²) >= 11 is 0. The number of rotatable bonds is 2. The lowest BCUT2D eigenvalue weighted by Gasteiger charge is -2.07. The average Bonchev–Trinajstić information content (AvgIpc) is 2.90. The number of benzene rings is 1. The normalized spacial score (nSPS) is 11.1. The first-order valence-electron chi connectivity index (χ1n) is 7.39. The van der Waals surface area contributed by atoms with E-state index in [1.807, 2.05) is 0 Å². The molecular formula is C18H12F2N4O. The van der Waals surface area contributed by atoms with Gasteiger partial charge in [-0.25, -0.2) is 9.37 Å². The van der Waals surface area contributed by atoms with E-state index in [1.165, 1.54) is 24.4 Å². The molecule has 4 aromatic rings. The maximum Gasteiger partial charge on any atom is 0.215 e. The van der Waals surface area contributed by atoms with Crippen molar-refractivity contribution in [1.29, 1.82) is 0 Å². The number of anilines is 2. The van der Waals surface area contributed by atoms with Gasteiger partial charge in [-0.2, -0.15) is 4.39 Å². The highest BCUT2D eigenvalue weighted by Gasteiger charge is 2.20. The zero-order chi connectivity index (χ0) is 17.6. The van der Waals surface area contributed by atoms with E-state index >= 15 is 0 Å². The smallest absolute Gasteiger partial charge is 0.215 e. The number of nitrogens with two attached hydrogens (primary N) is 2. The van der Waals surface area contributed by atoms with E-state index < -0.39 is 5.95 Å². The molecule has 0 spiro atoms. The minimum Gasteiger partial charge on any atom is -0.436 e. The van der Waals surface area contributed by atoms with Crippen LogP contribution in [0.25, 0.3) is 33.4 Å². The summed E-state index contributed by atoms with van der Waals surface area (Å²) in [6.45, 7) is 0. The number of nitrogens with zero attached hydrogens (tertiary/aromatic N) is 2. The predicted octanol–water partition coefficient (Wildman–Crippen LogP) is 4.00. The Labute approximate surface area is 140 Å². The molecule has 7 heteroatoms. The lowest BCUT2D eigenvalue weighted by molar-refractivity contribution is 0.584. The van der Waals surface area contributed by atoms with Crippen molar-refractivity contribution in [2.24, 2.45) is 0 Å². The van der Waals surface area contributed by atoms with Crippen LogP contribution in [-0.2, 0) is 0 Å². The summed E-state index contributed by atoms with van der Waals surface area (Å²) in [6.07, 6.45) is 2.91. The number of furan rings is 1. The van der Waals surface area contributed by atoms with Gasteiger partial charge in [0.1, 0.15) is 17.2 Å². The number of nitrogen functional groups attached to an aromatic ring is 2. The van der Waals surface area contributed by atoms with E-state index in [2.05, 4.69) is 9.97 Å². The van der Waals surface area contributed by atoms with Gasteiger partial charge in [-0.15, -0.1) is 0 Å². The summed E-state index contributed by atoms with van der Waals surface area (Å²) in [5, 5.41) is 0.548. The Morgan fingerprint density at radius 3 is 2.40 bits per heavy atom. The van der Waals surface area contributed by atoms with Crippen LogP contribution in [0.2, 0.25) is 0 Å². The highest BCUT2D eigenvalue weighted by Crippen LogP contribution is 2.41. The molecule has 0 aliphatic carbocycles. The number of halogens is 2. The Bertz CT molecular complexity index is 1090. The molecule has 0 fully saturated rings. The third-order valence-corrected chi connectivity index (χ3v) is 3.94. The molecule has 0 bridgehead atoms. The van der Waals surface area contributed by atoms with Gasteiger partial charge in [-0.05, 0) is 23.8 Å². The Morgan fingerprint density at radius 2 is 1.68 bits per heavy atom. The molecule has 4 N–H and O–H groups in total. The van der Waals surface area contributed by atoms with Crippen molar-refractivity contribution in [1.82, 2.24) is 9.97 Å². The SMILES string of the molecule is Nc1oc2c(-c3ccnc(F)c3)ncc(-c3ccc(F)cc3)c2c1N. The van der Waals surface area contributed by atoms with Crippen LogP contribution in [0, 0.1) is 11.8 Å². The van der Waals surface area contributed by atoms with Gasteiger partial charge in [0.15, 0.2) is 5.58 Å². The fourth-order valence-electron chi connectivity index (χ4n) is 2.75. The number of hydrogen-bond donors (Lipinski definition) is 2. The number of aromatic nitrogens is 2. The second kappa shape index (κ2) is 5.55. The minimum absolute atomic E-state index is 0.0436. The van der Waals surface area contributed by atoms with Gasteiger partial charge in [0, 0.05) is 29.6 Å². The standard InChI is InChI=1S/C18H12F2N4O/c19-11-3-1-9(2-4-11)12-8-24-16(10-5-6-23-13(20)7-10)17-14(12)15(21)18(22)25-17/h1-8H,21-22H2. The van der Waals surface area contributed by atoms with Crippen molar-refractivity contribution in [2.75, 3.05) is 11.5 Å². The van der Waals surface area contributed by atoms with Crippen LogP contribution in [0.1, 0.15) is 0 Å².